The van der Waals surface area contributed by atoms with Crippen LogP contribution in [0.1, 0.15) is 38.8 Å². The first kappa shape index (κ1) is 20.1. The van der Waals surface area contributed by atoms with Crippen LogP contribution in [0, 0.1) is 11.7 Å². The SMILES string of the molecule is CC(C)[C@H](N)C(=O)N(C)CCCCCc1cc(-c2cccc(F)c2)n[nH]1. The summed E-state index contributed by atoms with van der Waals surface area (Å²) in [6.45, 7) is 4.63. The van der Waals surface area contributed by atoms with Gasteiger partial charge in [0.15, 0.2) is 0 Å². The zero-order chi connectivity index (χ0) is 19.1. The number of nitrogens with two attached hydrogens (primary N) is 1. The van der Waals surface area contributed by atoms with Gasteiger partial charge in [-0.25, -0.2) is 4.39 Å². The molecule has 1 heterocycles. The number of unbranched alkanes of at least 4 members (excludes halogenated alkanes) is 2. The molecule has 1 atom stereocenters. The van der Waals surface area contributed by atoms with E-state index in [1.165, 1.54) is 12.1 Å². The Balaban J connectivity index is 1.71. The maximum absolute atomic E-state index is 13.3. The van der Waals surface area contributed by atoms with E-state index in [1.807, 2.05) is 33.0 Å². The number of benzene rings is 1. The minimum Gasteiger partial charge on any atom is -0.344 e. The summed E-state index contributed by atoms with van der Waals surface area (Å²) >= 11 is 0. The van der Waals surface area contributed by atoms with E-state index in [0.29, 0.717) is 0 Å². The standard InChI is InChI=1S/C20H29FN4O/c1-14(2)19(22)20(26)25(3)11-6-4-5-10-17-13-18(24-23-17)15-8-7-9-16(21)12-15/h7-9,12-14,19H,4-6,10-11,22H2,1-3H3,(H,23,24)/t19-/m0/s1. The largest absolute Gasteiger partial charge is 0.344 e. The molecule has 0 bridgehead atoms. The number of carbonyl (C=O) groups excluding carboxylic acids is 1. The van der Waals surface area contributed by atoms with Crippen LogP contribution >= 0.6 is 0 Å². The summed E-state index contributed by atoms with van der Waals surface area (Å²) in [7, 11) is 1.81. The summed E-state index contributed by atoms with van der Waals surface area (Å²) < 4.78 is 13.3. The van der Waals surface area contributed by atoms with Gasteiger partial charge in [0.05, 0.1) is 11.7 Å². The molecule has 3 N–H and O–H groups in total. The summed E-state index contributed by atoms with van der Waals surface area (Å²) in [5.74, 6) is -0.103. The Morgan fingerprint density at radius 3 is 2.73 bits per heavy atom. The van der Waals surface area contributed by atoms with Gasteiger partial charge in [-0.2, -0.15) is 5.10 Å². The fourth-order valence-electron chi connectivity index (χ4n) is 2.78. The van der Waals surface area contributed by atoms with Gasteiger partial charge in [-0.3, -0.25) is 9.89 Å². The summed E-state index contributed by atoms with van der Waals surface area (Å²) in [6.07, 6.45) is 3.84. The third kappa shape index (κ3) is 5.66. The molecule has 2 rings (SSSR count). The number of rotatable bonds is 9. The summed E-state index contributed by atoms with van der Waals surface area (Å²) in [5.41, 5.74) is 8.47. The second-order valence-corrected chi connectivity index (χ2v) is 7.13. The molecule has 0 aliphatic heterocycles. The molecule has 26 heavy (non-hydrogen) atoms. The Labute approximate surface area is 154 Å². The smallest absolute Gasteiger partial charge is 0.239 e. The lowest BCUT2D eigenvalue weighted by atomic mass is 10.0. The van der Waals surface area contributed by atoms with Gasteiger partial charge in [-0.05, 0) is 43.4 Å². The first-order valence-electron chi connectivity index (χ1n) is 9.19. The third-order valence-electron chi connectivity index (χ3n) is 4.57. The molecule has 6 heteroatoms. The Morgan fingerprint density at radius 2 is 2.04 bits per heavy atom. The highest BCUT2D eigenvalue weighted by Gasteiger charge is 2.20. The predicted octanol–water partition coefficient (Wildman–Crippen LogP) is 3.37. The number of hydrogen-bond donors (Lipinski definition) is 2. The maximum atomic E-state index is 13.3. The molecular weight excluding hydrogens is 331 g/mol. The fourth-order valence-corrected chi connectivity index (χ4v) is 2.78. The number of carbonyl (C=O) groups is 1. The predicted molar refractivity (Wildman–Crippen MR) is 102 cm³/mol. The molecule has 2 aromatic rings. The van der Waals surface area contributed by atoms with Crippen molar-refractivity contribution in [2.75, 3.05) is 13.6 Å². The molecule has 0 aliphatic rings. The van der Waals surface area contributed by atoms with Crippen LogP contribution in [0.4, 0.5) is 4.39 Å². The van der Waals surface area contributed by atoms with Crippen molar-refractivity contribution >= 4 is 5.91 Å². The molecule has 0 unspecified atom stereocenters. The summed E-state index contributed by atoms with van der Waals surface area (Å²) in [6, 6.07) is 7.97. The number of aromatic amines is 1. The molecule has 0 fully saturated rings. The Morgan fingerprint density at radius 1 is 1.27 bits per heavy atom. The Bertz CT molecular complexity index is 713. The molecule has 0 aliphatic carbocycles. The molecule has 0 saturated carbocycles. The summed E-state index contributed by atoms with van der Waals surface area (Å²) in [4.78, 5) is 13.8. The van der Waals surface area contributed by atoms with Gasteiger partial charge in [0.2, 0.25) is 5.91 Å². The third-order valence-corrected chi connectivity index (χ3v) is 4.57. The van der Waals surface area contributed by atoms with E-state index in [-0.39, 0.29) is 17.6 Å². The Hall–Kier alpha value is -2.21. The zero-order valence-electron chi connectivity index (χ0n) is 15.8. The number of nitrogens with one attached hydrogen (secondary N) is 1. The van der Waals surface area contributed by atoms with Crippen molar-refractivity contribution in [1.82, 2.24) is 15.1 Å². The molecule has 0 saturated heterocycles. The van der Waals surface area contributed by atoms with Gasteiger partial charge < -0.3 is 10.6 Å². The van der Waals surface area contributed by atoms with E-state index in [1.54, 1.807) is 11.0 Å². The van der Waals surface area contributed by atoms with Crippen LogP contribution in [0.15, 0.2) is 30.3 Å². The van der Waals surface area contributed by atoms with Crippen LogP contribution in [0.5, 0.6) is 0 Å². The van der Waals surface area contributed by atoms with Gasteiger partial charge in [0, 0.05) is 24.8 Å². The first-order chi connectivity index (χ1) is 12.4. The monoisotopic (exact) mass is 360 g/mol. The number of aryl methyl sites for hydroxylation is 1. The van der Waals surface area contributed by atoms with Crippen molar-refractivity contribution in [3.63, 3.8) is 0 Å². The number of hydrogen-bond acceptors (Lipinski definition) is 3. The van der Waals surface area contributed by atoms with Crippen LogP contribution in [-0.4, -0.2) is 40.6 Å². The number of aromatic nitrogens is 2. The average Bonchev–Trinajstić information content (AvgIpc) is 3.08. The number of likely N-dealkylation sites (N-methyl/N-ethyl adjacent to an activating group) is 1. The van der Waals surface area contributed by atoms with E-state index < -0.39 is 6.04 Å². The lowest BCUT2D eigenvalue weighted by Gasteiger charge is -2.23. The van der Waals surface area contributed by atoms with Gasteiger partial charge in [0.25, 0.3) is 0 Å². The molecule has 1 aromatic heterocycles. The van der Waals surface area contributed by atoms with Crippen molar-refractivity contribution in [2.24, 2.45) is 11.7 Å². The quantitative estimate of drug-likeness (QED) is 0.673. The van der Waals surface area contributed by atoms with E-state index in [9.17, 15) is 9.18 Å². The highest BCUT2D eigenvalue weighted by molar-refractivity contribution is 5.81. The second kappa shape index (κ2) is 9.48. The van der Waals surface area contributed by atoms with Crippen LogP contribution in [0.2, 0.25) is 0 Å². The molecule has 1 amide bonds. The second-order valence-electron chi connectivity index (χ2n) is 7.13. The van der Waals surface area contributed by atoms with Crippen LogP contribution in [0.3, 0.4) is 0 Å². The minimum absolute atomic E-state index is 0.00769. The molecule has 5 nitrogen and oxygen atoms in total. The lowest BCUT2D eigenvalue weighted by molar-refractivity contribution is -0.132. The molecule has 142 valence electrons. The normalized spacial score (nSPS) is 12.4. The van der Waals surface area contributed by atoms with E-state index in [2.05, 4.69) is 10.2 Å². The average molecular weight is 360 g/mol. The van der Waals surface area contributed by atoms with Gasteiger partial charge >= 0.3 is 0 Å². The highest BCUT2D eigenvalue weighted by atomic mass is 19.1. The summed E-state index contributed by atoms with van der Waals surface area (Å²) in [5, 5.41) is 7.27. The number of amides is 1. The maximum Gasteiger partial charge on any atom is 0.239 e. The van der Waals surface area contributed by atoms with Crippen molar-refractivity contribution in [1.29, 1.82) is 0 Å². The van der Waals surface area contributed by atoms with E-state index in [4.69, 9.17) is 5.73 Å². The van der Waals surface area contributed by atoms with Crippen LogP contribution < -0.4 is 5.73 Å². The Kier molecular flexibility index (Phi) is 7.33. The van der Waals surface area contributed by atoms with E-state index in [0.717, 1.165) is 49.2 Å². The first-order valence-corrected chi connectivity index (χ1v) is 9.19. The number of nitrogens with zero attached hydrogens (tertiary/aromatic N) is 2. The molecule has 0 spiro atoms. The van der Waals surface area contributed by atoms with Gasteiger partial charge in [-0.15, -0.1) is 0 Å². The molecular formula is C20H29FN4O. The van der Waals surface area contributed by atoms with Gasteiger partial charge in [-0.1, -0.05) is 32.4 Å². The number of H-pyrrole nitrogens is 1. The van der Waals surface area contributed by atoms with Crippen LogP contribution in [-0.2, 0) is 11.2 Å². The van der Waals surface area contributed by atoms with Gasteiger partial charge in [0.1, 0.15) is 5.82 Å². The van der Waals surface area contributed by atoms with Crippen molar-refractivity contribution < 1.29 is 9.18 Å². The number of halogens is 1. The lowest BCUT2D eigenvalue weighted by Crippen LogP contribution is -2.45. The fraction of sp³-hybridized carbons (Fsp3) is 0.500. The van der Waals surface area contributed by atoms with Crippen molar-refractivity contribution in [3.05, 3.63) is 41.8 Å². The highest BCUT2D eigenvalue weighted by Crippen LogP contribution is 2.19. The van der Waals surface area contributed by atoms with Crippen LogP contribution in [0.25, 0.3) is 11.3 Å². The minimum atomic E-state index is -0.425. The van der Waals surface area contributed by atoms with Crippen molar-refractivity contribution in [2.45, 2.75) is 45.6 Å². The zero-order valence-corrected chi connectivity index (χ0v) is 15.8. The topological polar surface area (TPSA) is 75.0 Å². The molecule has 0 radical (unpaired) electrons. The van der Waals surface area contributed by atoms with Crippen molar-refractivity contribution in [3.8, 4) is 11.3 Å². The molecule has 1 aromatic carbocycles. The van der Waals surface area contributed by atoms with E-state index >= 15 is 0 Å².